The van der Waals surface area contributed by atoms with Crippen LogP contribution in [0.5, 0.6) is 0 Å². The van der Waals surface area contributed by atoms with Crippen molar-refractivity contribution in [3.63, 3.8) is 0 Å². The first-order valence-corrected chi connectivity index (χ1v) is 10.4. The van der Waals surface area contributed by atoms with Gasteiger partial charge in [-0.3, -0.25) is 4.79 Å². The van der Waals surface area contributed by atoms with Crippen LogP contribution in [0.1, 0.15) is 38.7 Å². The monoisotopic (exact) mass is 516 g/mol. The highest BCUT2D eigenvalue weighted by atomic mass is 19.4. The first-order chi connectivity index (χ1) is 16.8. The molecule has 1 atom stereocenters. The van der Waals surface area contributed by atoms with Gasteiger partial charge in [-0.1, -0.05) is 12.1 Å². The fraction of sp³-hybridized carbons (Fsp3) is 0.250. The van der Waals surface area contributed by atoms with Crippen LogP contribution < -0.4 is 10.0 Å². The van der Waals surface area contributed by atoms with Gasteiger partial charge in [-0.05, 0) is 47.5 Å². The molecule has 0 fully saturated rings. The molecule has 0 aliphatic heterocycles. The predicted octanol–water partition coefficient (Wildman–Crippen LogP) is 5.23. The molecule has 1 heterocycles. The summed E-state index contributed by atoms with van der Waals surface area (Å²) in [6.45, 7) is -0.941. The maximum Gasteiger partial charge on any atom is 0.416 e. The van der Waals surface area contributed by atoms with Gasteiger partial charge in [0.2, 0.25) is 0 Å². The lowest BCUT2D eigenvalue weighted by Crippen LogP contribution is -2.40. The molecule has 0 radical (unpaired) electrons. The molecule has 192 valence electrons. The van der Waals surface area contributed by atoms with Crippen molar-refractivity contribution >= 4 is 5.91 Å². The molecule has 1 N–H and O–H groups in total. The van der Waals surface area contributed by atoms with Gasteiger partial charge in [0.1, 0.15) is 5.82 Å². The predicted molar refractivity (Wildman–Crippen MR) is 113 cm³/mol. The highest BCUT2D eigenvalue weighted by Gasteiger charge is 2.36. The number of hydrogen-bond donors (Lipinski definition) is 1. The van der Waals surface area contributed by atoms with Gasteiger partial charge in [0.25, 0.3) is 5.69 Å². The molecule has 1 amide bonds. The van der Waals surface area contributed by atoms with Crippen molar-refractivity contribution in [1.82, 2.24) is 5.32 Å². The van der Waals surface area contributed by atoms with Crippen molar-refractivity contribution in [2.45, 2.75) is 24.9 Å². The standard InChI is InChI=1S/C24H19F7N2O3/c25-20-6-4-16(5-7-20)17(12-32-22(34)21-3-1-2-8-33(21)35)14-36-13-15-9-18(23(26,27)28)11-19(10-15)24(29,30)31/h1-11,17H,12-14H2,(H,32,34). The van der Waals surface area contributed by atoms with Gasteiger partial charge in [-0.25, -0.2) is 4.39 Å². The summed E-state index contributed by atoms with van der Waals surface area (Å²) in [5.41, 5.74) is -2.99. The van der Waals surface area contributed by atoms with Crippen molar-refractivity contribution in [3.05, 3.63) is 106 Å². The average molecular weight is 516 g/mol. The first kappa shape index (κ1) is 26.9. The Morgan fingerprint density at radius 1 is 0.944 bits per heavy atom. The molecule has 5 nitrogen and oxygen atoms in total. The van der Waals surface area contributed by atoms with Crippen LogP contribution in [-0.2, 0) is 23.7 Å². The Kier molecular flexibility index (Phi) is 8.18. The number of nitrogens with one attached hydrogen (secondary N) is 1. The summed E-state index contributed by atoms with van der Waals surface area (Å²) in [7, 11) is 0. The van der Waals surface area contributed by atoms with E-state index in [0.717, 1.165) is 18.3 Å². The number of halogens is 7. The van der Waals surface area contributed by atoms with Gasteiger partial charge in [0.15, 0.2) is 6.20 Å². The van der Waals surface area contributed by atoms with Crippen molar-refractivity contribution in [1.29, 1.82) is 0 Å². The summed E-state index contributed by atoms with van der Waals surface area (Å²) in [5.74, 6) is -1.92. The molecule has 36 heavy (non-hydrogen) atoms. The number of rotatable bonds is 8. The maximum absolute atomic E-state index is 13.3. The second-order valence-electron chi connectivity index (χ2n) is 7.80. The summed E-state index contributed by atoms with van der Waals surface area (Å²) >= 11 is 0. The van der Waals surface area contributed by atoms with Gasteiger partial charge < -0.3 is 15.3 Å². The van der Waals surface area contributed by atoms with Crippen molar-refractivity contribution in [2.24, 2.45) is 0 Å². The average Bonchev–Trinajstić information content (AvgIpc) is 2.80. The highest BCUT2D eigenvalue weighted by Crippen LogP contribution is 2.36. The van der Waals surface area contributed by atoms with Crippen LogP contribution in [0.2, 0.25) is 0 Å². The van der Waals surface area contributed by atoms with Crippen molar-refractivity contribution in [2.75, 3.05) is 13.2 Å². The van der Waals surface area contributed by atoms with E-state index in [2.05, 4.69) is 5.32 Å². The van der Waals surface area contributed by atoms with Crippen LogP contribution in [-0.4, -0.2) is 19.1 Å². The van der Waals surface area contributed by atoms with Crippen molar-refractivity contribution < 1.29 is 45.0 Å². The van der Waals surface area contributed by atoms with E-state index in [9.17, 15) is 40.7 Å². The van der Waals surface area contributed by atoms with E-state index >= 15 is 0 Å². The lowest BCUT2D eigenvalue weighted by molar-refractivity contribution is -0.607. The van der Waals surface area contributed by atoms with Crippen LogP contribution >= 0.6 is 0 Å². The third-order valence-corrected chi connectivity index (χ3v) is 5.14. The molecule has 1 aromatic heterocycles. The fourth-order valence-corrected chi connectivity index (χ4v) is 3.34. The molecule has 0 aliphatic carbocycles. The zero-order chi connectivity index (χ0) is 26.5. The largest absolute Gasteiger partial charge is 0.618 e. The van der Waals surface area contributed by atoms with E-state index in [-0.39, 0.29) is 30.5 Å². The first-order valence-electron chi connectivity index (χ1n) is 10.4. The van der Waals surface area contributed by atoms with E-state index in [1.54, 1.807) is 0 Å². The fourth-order valence-electron chi connectivity index (χ4n) is 3.34. The number of ether oxygens (including phenoxy) is 1. The van der Waals surface area contributed by atoms with E-state index in [1.807, 2.05) is 0 Å². The third-order valence-electron chi connectivity index (χ3n) is 5.14. The SMILES string of the molecule is O=C(NCC(COCc1cc(C(F)(F)F)cc(C(F)(F)F)c1)c1ccc(F)cc1)c1cccc[n+]1[O-]. The molecule has 0 bridgehead atoms. The summed E-state index contributed by atoms with van der Waals surface area (Å²) in [4.78, 5) is 12.4. The quantitative estimate of drug-likeness (QED) is 0.254. The van der Waals surface area contributed by atoms with Crippen LogP contribution in [0.3, 0.4) is 0 Å². The molecule has 2 aromatic carbocycles. The molecule has 0 saturated carbocycles. The lowest BCUT2D eigenvalue weighted by atomic mass is 9.99. The molecule has 1 unspecified atom stereocenters. The molecule has 0 spiro atoms. The summed E-state index contributed by atoms with van der Waals surface area (Å²) in [5, 5.41) is 14.3. The number of hydrogen-bond acceptors (Lipinski definition) is 3. The minimum Gasteiger partial charge on any atom is -0.618 e. The van der Waals surface area contributed by atoms with Crippen LogP contribution in [0.4, 0.5) is 30.7 Å². The second-order valence-corrected chi connectivity index (χ2v) is 7.80. The summed E-state index contributed by atoms with van der Waals surface area (Å²) in [6.07, 6.45) is -8.86. The number of pyridine rings is 1. The molecule has 3 rings (SSSR count). The zero-order valence-corrected chi connectivity index (χ0v) is 18.4. The molecule has 3 aromatic rings. The molecule has 0 aliphatic rings. The number of amides is 1. The van der Waals surface area contributed by atoms with Crippen LogP contribution in [0.15, 0.2) is 66.9 Å². The molecule has 12 heteroatoms. The number of nitrogens with zero attached hydrogens (tertiary/aromatic N) is 1. The Hall–Kier alpha value is -3.67. The number of aromatic nitrogens is 1. The number of carbonyl (C=O) groups excluding carboxylic acids is 1. The Bertz CT molecular complexity index is 1160. The van der Waals surface area contributed by atoms with Gasteiger partial charge in [0, 0.05) is 24.6 Å². The minimum atomic E-state index is -4.99. The molecular formula is C24H19F7N2O3. The Morgan fingerprint density at radius 2 is 1.56 bits per heavy atom. The topological polar surface area (TPSA) is 65.3 Å². The normalized spacial score (nSPS) is 12.9. The Morgan fingerprint density at radius 3 is 2.11 bits per heavy atom. The molecular weight excluding hydrogens is 497 g/mol. The third kappa shape index (κ3) is 7.17. The summed E-state index contributed by atoms with van der Waals surface area (Å²) < 4.78 is 97.6. The number of carbonyl (C=O) groups is 1. The minimum absolute atomic E-state index is 0.0201. The number of alkyl halides is 6. The Balaban J connectivity index is 1.75. The smallest absolute Gasteiger partial charge is 0.416 e. The van der Waals surface area contributed by atoms with E-state index in [0.29, 0.717) is 22.4 Å². The van der Waals surface area contributed by atoms with Gasteiger partial charge in [-0.15, -0.1) is 0 Å². The van der Waals surface area contributed by atoms with Gasteiger partial charge in [-0.2, -0.15) is 31.1 Å². The summed E-state index contributed by atoms with van der Waals surface area (Å²) in [6, 6.07) is 10.4. The van der Waals surface area contributed by atoms with Crippen molar-refractivity contribution in [3.8, 4) is 0 Å². The highest BCUT2D eigenvalue weighted by molar-refractivity contribution is 5.90. The van der Waals surface area contributed by atoms with E-state index in [1.165, 1.54) is 30.3 Å². The van der Waals surface area contributed by atoms with E-state index < -0.39 is 47.7 Å². The Labute approximate surface area is 200 Å². The second kappa shape index (κ2) is 10.9. The number of benzene rings is 2. The van der Waals surface area contributed by atoms with Gasteiger partial charge >= 0.3 is 18.3 Å². The molecule has 0 saturated heterocycles. The van der Waals surface area contributed by atoms with Crippen LogP contribution in [0.25, 0.3) is 0 Å². The van der Waals surface area contributed by atoms with Gasteiger partial charge in [0.05, 0.1) is 24.3 Å². The zero-order valence-electron chi connectivity index (χ0n) is 18.4. The lowest BCUT2D eigenvalue weighted by Gasteiger charge is -2.19. The van der Waals surface area contributed by atoms with E-state index in [4.69, 9.17) is 4.74 Å². The maximum atomic E-state index is 13.3. The van der Waals surface area contributed by atoms with Crippen LogP contribution in [0, 0.1) is 11.0 Å².